The summed E-state index contributed by atoms with van der Waals surface area (Å²) in [5, 5.41) is 8.50. The van der Waals surface area contributed by atoms with Crippen LogP contribution in [0.1, 0.15) is 0 Å². The van der Waals surface area contributed by atoms with E-state index in [9.17, 15) is 18.4 Å². The second kappa shape index (κ2) is 9.45. The number of nitrogens with one attached hydrogen (secondary N) is 3. The average molecular weight is 400 g/mol. The summed E-state index contributed by atoms with van der Waals surface area (Å²) in [6.45, 7) is -0.0782. The number of benzene rings is 2. The maximum atomic E-state index is 13.1. The molecule has 2 aromatic carbocycles. The van der Waals surface area contributed by atoms with Crippen LogP contribution in [0, 0.1) is 11.6 Å². The Labute approximate surface area is 165 Å². The van der Waals surface area contributed by atoms with E-state index in [4.69, 9.17) is 4.74 Å². The lowest BCUT2D eigenvalue weighted by atomic mass is 10.2. The molecule has 3 aromatic rings. The number of fused-ring (bicyclic) bond motifs is 1. The van der Waals surface area contributed by atoms with Crippen molar-refractivity contribution in [2.75, 3.05) is 25.0 Å². The van der Waals surface area contributed by atoms with Crippen LogP contribution in [0.25, 0.3) is 10.9 Å². The van der Waals surface area contributed by atoms with E-state index in [2.05, 4.69) is 20.9 Å². The van der Waals surface area contributed by atoms with Gasteiger partial charge in [0.1, 0.15) is 12.4 Å². The van der Waals surface area contributed by atoms with Gasteiger partial charge < -0.3 is 20.7 Å². The molecule has 0 unspecified atom stereocenters. The average Bonchev–Trinajstić information content (AvgIpc) is 2.72. The van der Waals surface area contributed by atoms with E-state index >= 15 is 0 Å². The molecule has 0 spiro atoms. The van der Waals surface area contributed by atoms with Gasteiger partial charge in [-0.15, -0.1) is 0 Å². The van der Waals surface area contributed by atoms with Crippen molar-refractivity contribution in [2.24, 2.45) is 0 Å². The zero-order valence-corrected chi connectivity index (χ0v) is 15.2. The van der Waals surface area contributed by atoms with Gasteiger partial charge in [0.25, 0.3) is 0 Å². The zero-order chi connectivity index (χ0) is 20.6. The van der Waals surface area contributed by atoms with Crippen LogP contribution >= 0.6 is 0 Å². The highest BCUT2D eigenvalue weighted by molar-refractivity contribution is 6.01. The van der Waals surface area contributed by atoms with Crippen LogP contribution in [0.2, 0.25) is 0 Å². The van der Waals surface area contributed by atoms with E-state index in [1.807, 2.05) is 12.1 Å². The summed E-state index contributed by atoms with van der Waals surface area (Å²) < 4.78 is 31.1. The second-order valence-electron chi connectivity index (χ2n) is 5.96. The summed E-state index contributed by atoms with van der Waals surface area (Å²) in [6, 6.07) is 11.7. The van der Waals surface area contributed by atoms with Crippen LogP contribution in [0.15, 0.2) is 54.7 Å². The number of pyridine rings is 1. The lowest BCUT2D eigenvalue weighted by molar-refractivity contribution is -0.115. The van der Waals surface area contributed by atoms with Crippen molar-refractivity contribution in [3.05, 3.63) is 66.4 Å². The lowest BCUT2D eigenvalue weighted by Gasteiger charge is -2.10. The van der Waals surface area contributed by atoms with Gasteiger partial charge in [0, 0.05) is 17.6 Å². The smallest absolute Gasteiger partial charge is 0.315 e. The molecule has 7 nitrogen and oxygen atoms in total. The van der Waals surface area contributed by atoms with Crippen LogP contribution in [0.4, 0.5) is 19.3 Å². The molecule has 0 fully saturated rings. The minimum absolute atomic E-state index is 0.0480. The Bertz CT molecular complexity index is 1020. The zero-order valence-electron chi connectivity index (χ0n) is 15.2. The van der Waals surface area contributed by atoms with Crippen LogP contribution in [-0.4, -0.2) is 36.6 Å². The maximum absolute atomic E-state index is 13.1. The molecular formula is C20H18F2N4O3. The van der Waals surface area contributed by atoms with Gasteiger partial charge in [0.2, 0.25) is 5.91 Å². The molecule has 3 amide bonds. The number of anilines is 1. The molecule has 0 saturated heterocycles. The molecule has 0 saturated carbocycles. The number of hydrogen-bond donors (Lipinski definition) is 3. The molecule has 0 radical (unpaired) electrons. The van der Waals surface area contributed by atoms with Gasteiger partial charge in [-0.3, -0.25) is 9.78 Å². The van der Waals surface area contributed by atoms with E-state index in [0.29, 0.717) is 11.2 Å². The number of aromatic nitrogens is 1. The van der Waals surface area contributed by atoms with Crippen LogP contribution in [0.3, 0.4) is 0 Å². The molecule has 1 aromatic heterocycles. The fourth-order valence-electron chi connectivity index (χ4n) is 2.52. The Balaban J connectivity index is 1.38. The highest BCUT2D eigenvalue weighted by Gasteiger charge is 2.08. The number of carbonyl (C=O) groups is 2. The third-order valence-corrected chi connectivity index (χ3v) is 3.86. The number of nitrogens with zero attached hydrogens (tertiary/aromatic N) is 1. The highest BCUT2D eigenvalue weighted by Crippen LogP contribution is 2.20. The molecule has 3 N–H and O–H groups in total. The van der Waals surface area contributed by atoms with E-state index in [1.54, 1.807) is 24.4 Å². The van der Waals surface area contributed by atoms with Gasteiger partial charge in [-0.1, -0.05) is 18.2 Å². The summed E-state index contributed by atoms with van der Waals surface area (Å²) in [5.74, 6) is -2.24. The summed E-state index contributed by atoms with van der Waals surface area (Å²) in [7, 11) is 0. The van der Waals surface area contributed by atoms with Crippen molar-refractivity contribution in [1.82, 2.24) is 15.6 Å². The fraction of sp³-hybridized carbons (Fsp3) is 0.150. The molecule has 3 rings (SSSR count). The van der Waals surface area contributed by atoms with Gasteiger partial charge in [0.05, 0.1) is 24.3 Å². The van der Waals surface area contributed by atoms with E-state index in [1.165, 1.54) is 6.07 Å². The SMILES string of the molecule is O=C(CNC(=O)NCCOc1ccc(F)c(F)c1)Nc1cccc2cccnc12. The van der Waals surface area contributed by atoms with Crippen LogP contribution < -0.4 is 20.7 Å². The van der Waals surface area contributed by atoms with Crippen molar-refractivity contribution < 1.29 is 23.1 Å². The van der Waals surface area contributed by atoms with Gasteiger partial charge in [-0.2, -0.15) is 0 Å². The van der Waals surface area contributed by atoms with Crippen molar-refractivity contribution in [2.45, 2.75) is 0 Å². The molecule has 0 aliphatic heterocycles. The molecule has 0 bridgehead atoms. The number of halogens is 2. The van der Waals surface area contributed by atoms with Gasteiger partial charge >= 0.3 is 6.03 Å². The monoisotopic (exact) mass is 400 g/mol. The van der Waals surface area contributed by atoms with E-state index in [-0.39, 0.29) is 25.4 Å². The van der Waals surface area contributed by atoms with Crippen LogP contribution in [0.5, 0.6) is 5.75 Å². The number of rotatable bonds is 7. The molecule has 0 aliphatic rings. The summed E-state index contributed by atoms with van der Waals surface area (Å²) in [4.78, 5) is 28.0. The molecule has 0 aliphatic carbocycles. The molecular weight excluding hydrogens is 382 g/mol. The normalized spacial score (nSPS) is 10.4. The maximum Gasteiger partial charge on any atom is 0.315 e. The number of carbonyl (C=O) groups excluding carboxylic acids is 2. The first kappa shape index (κ1) is 20.0. The van der Waals surface area contributed by atoms with Gasteiger partial charge in [0.15, 0.2) is 11.6 Å². The Hall–Kier alpha value is -3.75. The first-order valence-corrected chi connectivity index (χ1v) is 8.76. The number of ether oxygens (including phenoxy) is 1. The molecule has 0 atom stereocenters. The Morgan fingerprint density at radius 1 is 1.00 bits per heavy atom. The summed E-state index contributed by atoms with van der Waals surface area (Å²) in [6.07, 6.45) is 1.63. The van der Waals surface area contributed by atoms with Crippen LogP contribution in [-0.2, 0) is 4.79 Å². The molecule has 1 heterocycles. The minimum atomic E-state index is -1.01. The Kier molecular flexibility index (Phi) is 6.51. The minimum Gasteiger partial charge on any atom is -0.492 e. The van der Waals surface area contributed by atoms with Gasteiger partial charge in [-0.25, -0.2) is 13.6 Å². The number of urea groups is 1. The second-order valence-corrected chi connectivity index (χ2v) is 5.96. The lowest BCUT2D eigenvalue weighted by Crippen LogP contribution is -2.41. The molecule has 29 heavy (non-hydrogen) atoms. The first-order chi connectivity index (χ1) is 14.0. The fourth-order valence-corrected chi connectivity index (χ4v) is 2.52. The topological polar surface area (TPSA) is 92.4 Å². The highest BCUT2D eigenvalue weighted by atomic mass is 19.2. The predicted molar refractivity (Wildman–Crippen MR) is 104 cm³/mol. The quantitative estimate of drug-likeness (QED) is 0.532. The first-order valence-electron chi connectivity index (χ1n) is 8.76. The molecule has 150 valence electrons. The van der Waals surface area contributed by atoms with Crippen molar-refractivity contribution in [1.29, 1.82) is 0 Å². The number of amides is 3. The Morgan fingerprint density at radius 3 is 2.66 bits per heavy atom. The third kappa shape index (κ3) is 5.61. The van der Waals surface area contributed by atoms with E-state index < -0.39 is 23.6 Å². The van der Waals surface area contributed by atoms with Crippen molar-refractivity contribution >= 4 is 28.5 Å². The largest absolute Gasteiger partial charge is 0.492 e. The predicted octanol–water partition coefficient (Wildman–Crippen LogP) is 2.83. The summed E-state index contributed by atoms with van der Waals surface area (Å²) >= 11 is 0. The molecule has 9 heteroatoms. The van der Waals surface area contributed by atoms with E-state index in [0.717, 1.165) is 17.5 Å². The number of para-hydroxylation sites is 1. The number of hydrogen-bond acceptors (Lipinski definition) is 4. The van der Waals surface area contributed by atoms with Crippen molar-refractivity contribution in [3.63, 3.8) is 0 Å². The summed E-state index contributed by atoms with van der Waals surface area (Å²) in [5.41, 5.74) is 1.21. The third-order valence-electron chi connectivity index (χ3n) is 3.86. The van der Waals surface area contributed by atoms with Gasteiger partial charge in [-0.05, 0) is 24.3 Å². The standard InChI is InChI=1S/C20H18F2N4O3/c21-15-7-6-14(11-16(15)22)29-10-9-24-20(28)25-12-18(27)26-17-5-1-3-13-4-2-8-23-19(13)17/h1-8,11H,9-10,12H2,(H,26,27)(H2,24,25,28). The Morgan fingerprint density at radius 2 is 1.83 bits per heavy atom. The van der Waals surface area contributed by atoms with Crippen molar-refractivity contribution in [3.8, 4) is 5.75 Å².